The fourth-order valence-corrected chi connectivity index (χ4v) is 1.65. The highest BCUT2D eigenvalue weighted by atomic mass is 16.5. The van der Waals surface area contributed by atoms with Gasteiger partial charge in [-0.05, 0) is 6.42 Å². The maximum atomic E-state index is 5.51. The average Bonchev–Trinajstić information content (AvgIpc) is 2.58. The highest BCUT2D eigenvalue weighted by Crippen LogP contribution is 2.05. The highest BCUT2D eigenvalue weighted by molar-refractivity contribution is 5.72. The van der Waals surface area contributed by atoms with Gasteiger partial charge in [0.25, 0.3) is 0 Å². The molecule has 0 aromatic rings. The molecular weight excluding hydrogens is 140 g/mol. The normalized spacial score (nSPS) is 25.5. The number of ether oxygens (including phenoxy) is 1. The van der Waals surface area contributed by atoms with Crippen LogP contribution in [0.15, 0.2) is 0 Å². The summed E-state index contributed by atoms with van der Waals surface area (Å²) in [6, 6.07) is 0. The third-order valence-electron chi connectivity index (χ3n) is 2.27. The molecule has 0 amide bonds. The van der Waals surface area contributed by atoms with Gasteiger partial charge in [-0.3, -0.25) is 0 Å². The Morgan fingerprint density at radius 3 is 2.73 bits per heavy atom. The molecule has 11 heavy (non-hydrogen) atoms. The summed E-state index contributed by atoms with van der Waals surface area (Å²) < 4.78 is 7.87. The predicted molar refractivity (Wildman–Crippen MR) is 43.1 cm³/mol. The molecule has 0 aromatic carbocycles. The Labute approximate surface area is 67.1 Å². The van der Waals surface area contributed by atoms with Crippen LogP contribution in [0.2, 0.25) is 0 Å². The van der Waals surface area contributed by atoms with Crippen molar-refractivity contribution >= 4 is 5.90 Å². The second-order valence-corrected chi connectivity index (χ2v) is 3.08. The van der Waals surface area contributed by atoms with Crippen molar-refractivity contribution in [3.05, 3.63) is 0 Å². The molecular formula is C8H15N2O+. The molecule has 3 heteroatoms. The van der Waals surface area contributed by atoms with E-state index < -0.39 is 0 Å². The van der Waals surface area contributed by atoms with Crippen LogP contribution in [0, 0.1) is 0 Å². The molecule has 2 rings (SSSR count). The number of piperazine rings is 1. The van der Waals surface area contributed by atoms with Crippen molar-refractivity contribution in [2.24, 2.45) is 0 Å². The third-order valence-corrected chi connectivity index (χ3v) is 2.27. The Morgan fingerprint density at radius 2 is 2.09 bits per heavy atom. The zero-order valence-corrected chi connectivity index (χ0v) is 6.81. The lowest BCUT2D eigenvalue weighted by Gasteiger charge is -2.12. The second-order valence-electron chi connectivity index (χ2n) is 3.08. The summed E-state index contributed by atoms with van der Waals surface area (Å²) in [5.74, 6) is 1.23. The van der Waals surface area contributed by atoms with Crippen LogP contribution in [0.1, 0.15) is 12.8 Å². The molecule has 62 valence electrons. The summed E-state index contributed by atoms with van der Waals surface area (Å²) in [4.78, 5) is 0. The van der Waals surface area contributed by atoms with E-state index in [4.69, 9.17) is 4.74 Å². The van der Waals surface area contributed by atoms with E-state index in [9.17, 15) is 0 Å². The molecule has 3 nitrogen and oxygen atoms in total. The summed E-state index contributed by atoms with van der Waals surface area (Å²) in [5.41, 5.74) is 0. The summed E-state index contributed by atoms with van der Waals surface area (Å²) in [6.07, 6.45) is 2.36. The van der Waals surface area contributed by atoms with Crippen molar-refractivity contribution in [1.82, 2.24) is 5.32 Å². The molecule has 0 atom stereocenters. The van der Waals surface area contributed by atoms with Gasteiger partial charge in [-0.2, -0.15) is 4.58 Å². The smallest absolute Gasteiger partial charge is 0.336 e. The van der Waals surface area contributed by atoms with Gasteiger partial charge in [0.05, 0.1) is 26.1 Å². The van der Waals surface area contributed by atoms with E-state index >= 15 is 0 Å². The topological polar surface area (TPSA) is 24.3 Å². The molecule has 0 aliphatic carbocycles. The Hall–Kier alpha value is -0.570. The van der Waals surface area contributed by atoms with Crippen LogP contribution in [0.3, 0.4) is 0 Å². The molecule has 2 heterocycles. The minimum absolute atomic E-state index is 0.930. The number of hydrogen-bond acceptors (Lipinski definition) is 2. The van der Waals surface area contributed by atoms with Crippen LogP contribution >= 0.6 is 0 Å². The summed E-state index contributed by atoms with van der Waals surface area (Å²) in [7, 11) is 0. The van der Waals surface area contributed by atoms with Gasteiger partial charge in [-0.1, -0.05) is 0 Å². The molecule has 1 N–H and O–H groups in total. The van der Waals surface area contributed by atoms with Crippen LogP contribution in [0.5, 0.6) is 0 Å². The van der Waals surface area contributed by atoms with Gasteiger partial charge in [0, 0.05) is 0 Å². The average molecular weight is 155 g/mol. The quantitative estimate of drug-likeness (QED) is 0.490. The molecule has 2 saturated heterocycles. The fraction of sp³-hybridized carbons (Fsp3) is 0.875. The molecule has 0 saturated carbocycles. The van der Waals surface area contributed by atoms with Gasteiger partial charge >= 0.3 is 5.90 Å². The summed E-state index contributed by atoms with van der Waals surface area (Å²) in [5, 5.41) is 3.33. The first kappa shape index (κ1) is 7.10. The van der Waals surface area contributed by atoms with Crippen molar-refractivity contribution in [3.63, 3.8) is 0 Å². The van der Waals surface area contributed by atoms with Crippen molar-refractivity contribution in [1.29, 1.82) is 0 Å². The van der Waals surface area contributed by atoms with Gasteiger partial charge in [0.2, 0.25) is 0 Å². The Morgan fingerprint density at radius 1 is 1.27 bits per heavy atom. The Kier molecular flexibility index (Phi) is 2.08. The first-order chi connectivity index (χ1) is 5.47. The van der Waals surface area contributed by atoms with Gasteiger partial charge in [0.1, 0.15) is 0 Å². The summed E-state index contributed by atoms with van der Waals surface area (Å²) >= 11 is 0. The van der Waals surface area contributed by atoms with Crippen LogP contribution in [-0.4, -0.2) is 43.3 Å². The van der Waals surface area contributed by atoms with Gasteiger partial charge in [0.15, 0.2) is 13.1 Å². The number of rotatable bonds is 0. The zero-order chi connectivity index (χ0) is 7.52. The molecule has 2 aliphatic heterocycles. The van der Waals surface area contributed by atoms with E-state index in [0.717, 1.165) is 39.2 Å². The molecule has 0 unspecified atom stereocenters. The fourth-order valence-electron chi connectivity index (χ4n) is 1.65. The van der Waals surface area contributed by atoms with Crippen molar-refractivity contribution < 1.29 is 9.31 Å². The van der Waals surface area contributed by atoms with Crippen molar-refractivity contribution in [3.8, 4) is 0 Å². The molecule has 0 radical (unpaired) electrons. The van der Waals surface area contributed by atoms with Crippen LogP contribution in [-0.2, 0) is 4.74 Å². The van der Waals surface area contributed by atoms with Crippen LogP contribution in [0.25, 0.3) is 0 Å². The standard InChI is InChI=1S/C8H15N2O/c1-2-8(11-7-1)10-5-3-9-4-6-10/h9H,1-7H2/q+1. The van der Waals surface area contributed by atoms with E-state index in [1.54, 1.807) is 0 Å². The van der Waals surface area contributed by atoms with E-state index in [1.165, 1.54) is 12.3 Å². The van der Waals surface area contributed by atoms with Crippen molar-refractivity contribution in [2.45, 2.75) is 12.8 Å². The molecule has 2 fully saturated rings. The molecule has 2 aliphatic rings. The third kappa shape index (κ3) is 1.53. The highest BCUT2D eigenvalue weighted by Gasteiger charge is 2.22. The molecule has 0 aromatic heterocycles. The lowest BCUT2D eigenvalue weighted by Crippen LogP contribution is -2.40. The lowest BCUT2D eigenvalue weighted by molar-refractivity contribution is -0.540. The maximum Gasteiger partial charge on any atom is 0.336 e. The van der Waals surface area contributed by atoms with E-state index in [0.29, 0.717) is 0 Å². The first-order valence-corrected chi connectivity index (χ1v) is 4.41. The first-order valence-electron chi connectivity index (χ1n) is 4.41. The van der Waals surface area contributed by atoms with Crippen LogP contribution in [0.4, 0.5) is 0 Å². The minimum Gasteiger partial charge on any atom is -0.448 e. The monoisotopic (exact) mass is 155 g/mol. The van der Waals surface area contributed by atoms with E-state index in [-0.39, 0.29) is 0 Å². The molecule has 0 spiro atoms. The molecule has 0 bridgehead atoms. The van der Waals surface area contributed by atoms with E-state index in [1.807, 2.05) is 0 Å². The van der Waals surface area contributed by atoms with Gasteiger partial charge in [-0.25, -0.2) is 0 Å². The SMILES string of the molecule is C1COC(=[N+]2CCNCC2)C1. The maximum absolute atomic E-state index is 5.51. The summed E-state index contributed by atoms with van der Waals surface area (Å²) in [6.45, 7) is 5.38. The van der Waals surface area contributed by atoms with Gasteiger partial charge < -0.3 is 10.1 Å². The van der Waals surface area contributed by atoms with Gasteiger partial charge in [-0.15, -0.1) is 0 Å². The lowest BCUT2D eigenvalue weighted by atomic mass is 10.3. The Bertz CT molecular complexity index is 161. The van der Waals surface area contributed by atoms with E-state index in [2.05, 4.69) is 9.89 Å². The van der Waals surface area contributed by atoms with Crippen LogP contribution < -0.4 is 5.32 Å². The number of nitrogens with zero attached hydrogens (tertiary/aromatic N) is 1. The predicted octanol–water partition coefficient (Wildman–Crippen LogP) is -0.189. The number of hydrogen-bond donors (Lipinski definition) is 1. The van der Waals surface area contributed by atoms with Crippen molar-refractivity contribution in [2.75, 3.05) is 32.8 Å². The zero-order valence-electron chi connectivity index (χ0n) is 6.81. The largest absolute Gasteiger partial charge is 0.448 e. The number of nitrogens with one attached hydrogen (secondary N) is 1. The second kappa shape index (κ2) is 3.22. The minimum atomic E-state index is 0.930. The Balaban J connectivity index is 2.03.